The highest BCUT2D eigenvalue weighted by atomic mass is 16.4. The number of carbonyl (C=O) groups is 1. The number of aliphatic carboxylic acids is 1. The minimum absolute atomic E-state index is 0.139. The molecule has 5 nitrogen and oxygen atoms in total. The van der Waals surface area contributed by atoms with Crippen LogP contribution in [0.25, 0.3) is 0 Å². The van der Waals surface area contributed by atoms with Gasteiger partial charge in [-0.3, -0.25) is 4.79 Å². The first-order chi connectivity index (χ1) is 14.2. The zero-order chi connectivity index (χ0) is 21.8. The van der Waals surface area contributed by atoms with E-state index in [1.54, 1.807) is 0 Å². The Bertz CT molecular complexity index is 297. The summed E-state index contributed by atoms with van der Waals surface area (Å²) in [5, 5.41) is 27.6. The minimum atomic E-state index is -0.652. The molecule has 0 saturated carbocycles. The standard InChI is InChI=1S/C20H40O2.C4H11NO2/c1-2-3-4-5-6-7-8-9-10-11-12-13-14-15-16-17-18-19-20(21)22;6-3-1-5-2-4-7/h2-19H2,1H3,(H,21,22);5-7H,1-4H2. The third kappa shape index (κ3) is 35.2. The summed E-state index contributed by atoms with van der Waals surface area (Å²) in [5.74, 6) is -0.652. The molecule has 0 saturated heterocycles. The molecule has 29 heavy (non-hydrogen) atoms. The zero-order valence-corrected chi connectivity index (χ0v) is 19.3. The molecule has 0 aliphatic carbocycles. The van der Waals surface area contributed by atoms with E-state index in [4.69, 9.17) is 15.3 Å². The largest absolute Gasteiger partial charge is 0.481 e. The van der Waals surface area contributed by atoms with Gasteiger partial charge in [-0.25, -0.2) is 0 Å². The Morgan fingerprint density at radius 3 is 1.17 bits per heavy atom. The van der Waals surface area contributed by atoms with Crippen molar-refractivity contribution in [3.8, 4) is 0 Å². The van der Waals surface area contributed by atoms with E-state index in [9.17, 15) is 4.79 Å². The molecule has 0 amide bonds. The van der Waals surface area contributed by atoms with E-state index < -0.39 is 5.97 Å². The monoisotopic (exact) mass is 417 g/mol. The maximum Gasteiger partial charge on any atom is 0.303 e. The lowest BCUT2D eigenvalue weighted by atomic mass is 10.0. The van der Waals surface area contributed by atoms with Crippen LogP contribution in [0.4, 0.5) is 0 Å². The Kier molecular flexibility index (Phi) is 31.1. The Hall–Kier alpha value is -0.650. The van der Waals surface area contributed by atoms with E-state index in [1.807, 2.05) is 0 Å². The molecule has 0 aromatic heterocycles. The number of hydrogen-bond acceptors (Lipinski definition) is 4. The molecule has 0 spiro atoms. The van der Waals surface area contributed by atoms with E-state index in [-0.39, 0.29) is 13.2 Å². The van der Waals surface area contributed by atoms with Crippen molar-refractivity contribution in [3.63, 3.8) is 0 Å². The second kappa shape index (κ2) is 29.6. The van der Waals surface area contributed by atoms with Crippen molar-refractivity contribution in [2.24, 2.45) is 0 Å². The summed E-state index contributed by atoms with van der Waals surface area (Å²) in [5.41, 5.74) is 0. The topological polar surface area (TPSA) is 89.8 Å². The molecule has 5 heteroatoms. The van der Waals surface area contributed by atoms with Gasteiger partial charge in [0, 0.05) is 19.5 Å². The molecule has 0 unspecified atom stereocenters. The number of carboxylic acid groups (broad SMARTS) is 1. The molecule has 4 N–H and O–H groups in total. The van der Waals surface area contributed by atoms with Crippen LogP contribution in [0.15, 0.2) is 0 Å². The molecule has 0 aliphatic rings. The summed E-state index contributed by atoms with van der Waals surface area (Å²) in [4.78, 5) is 10.4. The molecule has 0 aromatic carbocycles. The Morgan fingerprint density at radius 1 is 0.586 bits per heavy atom. The highest BCUT2D eigenvalue weighted by molar-refractivity contribution is 5.66. The fourth-order valence-corrected chi connectivity index (χ4v) is 3.28. The molecule has 0 heterocycles. The summed E-state index contributed by atoms with van der Waals surface area (Å²) >= 11 is 0. The molecule has 0 aromatic rings. The van der Waals surface area contributed by atoms with Gasteiger partial charge < -0.3 is 20.6 Å². The Balaban J connectivity index is 0. The van der Waals surface area contributed by atoms with Crippen molar-refractivity contribution in [1.82, 2.24) is 5.32 Å². The summed E-state index contributed by atoms with van der Waals surface area (Å²) in [6.45, 7) is 3.70. The lowest BCUT2D eigenvalue weighted by molar-refractivity contribution is -0.137. The molecule has 0 bridgehead atoms. The molecule has 0 rings (SSSR count). The van der Waals surface area contributed by atoms with Gasteiger partial charge in [-0.1, -0.05) is 110 Å². The molecular formula is C24H51NO4. The first-order valence-electron chi connectivity index (χ1n) is 12.3. The smallest absolute Gasteiger partial charge is 0.303 e. The maximum atomic E-state index is 10.4. The fourth-order valence-electron chi connectivity index (χ4n) is 3.28. The average Bonchev–Trinajstić information content (AvgIpc) is 2.71. The van der Waals surface area contributed by atoms with Crippen LogP contribution in [0.5, 0.6) is 0 Å². The van der Waals surface area contributed by atoms with Crippen molar-refractivity contribution in [1.29, 1.82) is 0 Å². The summed E-state index contributed by atoms with van der Waals surface area (Å²) < 4.78 is 0. The van der Waals surface area contributed by atoms with Crippen molar-refractivity contribution in [2.75, 3.05) is 26.3 Å². The Morgan fingerprint density at radius 2 is 0.897 bits per heavy atom. The van der Waals surface area contributed by atoms with Crippen molar-refractivity contribution < 1.29 is 20.1 Å². The van der Waals surface area contributed by atoms with E-state index in [0.717, 1.165) is 12.8 Å². The first-order valence-corrected chi connectivity index (χ1v) is 12.3. The zero-order valence-electron chi connectivity index (χ0n) is 19.3. The number of aliphatic hydroxyl groups excluding tert-OH is 2. The molecule has 176 valence electrons. The SMILES string of the molecule is CCCCCCCCCCCCCCCCCCCC(=O)O.OCCNCCO. The van der Waals surface area contributed by atoms with E-state index in [0.29, 0.717) is 19.5 Å². The van der Waals surface area contributed by atoms with Crippen LogP contribution < -0.4 is 5.32 Å². The van der Waals surface area contributed by atoms with Gasteiger partial charge in [-0.15, -0.1) is 0 Å². The van der Waals surface area contributed by atoms with Crippen LogP contribution >= 0.6 is 0 Å². The lowest BCUT2D eigenvalue weighted by Gasteiger charge is -2.03. The van der Waals surface area contributed by atoms with Crippen molar-refractivity contribution in [3.05, 3.63) is 0 Å². The molecular weight excluding hydrogens is 366 g/mol. The van der Waals surface area contributed by atoms with Crippen LogP contribution in [-0.2, 0) is 4.79 Å². The van der Waals surface area contributed by atoms with Crippen LogP contribution in [0.2, 0.25) is 0 Å². The number of rotatable bonds is 22. The summed E-state index contributed by atoms with van der Waals surface area (Å²) in [6.07, 6.45) is 23.1. The predicted octanol–water partition coefficient (Wildman–Crippen LogP) is 5.67. The van der Waals surface area contributed by atoms with Crippen LogP contribution in [-0.4, -0.2) is 47.6 Å². The van der Waals surface area contributed by atoms with Gasteiger partial charge >= 0.3 is 5.97 Å². The second-order valence-corrected chi connectivity index (χ2v) is 8.00. The van der Waals surface area contributed by atoms with Crippen LogP contribution in [0.3, 0.4) is 0 Å². The van der Waals surface area contributed by atoms with Gasteiger partial charge in [-0.2, -0.15) is 0 Å². The van der Waals surface area contributed by atoms with Crippen molar-refractivity contribution in [2.45, 2.75) is 122 Å². The molecule has 0 aliphatic heterocycles. The molecule has 0 atom stereocenters. The van der Waals surface area contributed by atoms with Gasteiger partial charge in [0.2, 0.25) is 0 Å². The van der Waals surface area contributed by atoms with Gasteiger partial charge in [0.1, 0.15) is 0 Å². The average molecular weight is 418 g/mol. The van der Waals surface area contributed by atoms with Gasteiger partial charge in [0.25, 0.3) is 0 Å². The van der Waals surface area contributed by atoms with E-state index >= 15 is 0 Å². The number of nitrogens with one attached hydrogen (secondary N) is 1. The first kappa shape index (κ1) is 30.5. The van der Waals surface area contributed by atoms with E-state index in [2.05, 4.69) is 12.2 Å². The van der Waals surface area contributed by atoms with Gasteiger partial charge in [-0.05, 0) is 6.42 Å². The normalized spacial score (nSPS) is 10.6. The second-order valence-electron chi connectivity index (χ2n) is 8.00. The minimum Gasteiger partial charge on any atom is -0.481 e. The highest BCUT2D eigenvalue weighted by Gasteiger charge is 1.97. The fraction of sp³-hybridized carbons (Fsp3) is 0.958. The van der Waals surface area contributed by atoms with Crippen LogP contribution in [0, 0.1) is 0 Å². The van der Waals surface area contributed by atoms with E-state index in [1.165, 1.54) is 96.3 Å². The Labute approximate surface area is 180 Å². The third-order valence-electron chi connectivity index (χ3n) is 5.07. The molecule has 0 radical (unpaired) electrons. The van der Waals surface area contributed by atoms with Gasteiger partial charge in [0.15, 0.2) is 0 Å². The summed E-state index contributed by atoms with van der Waals surface area (Å²) in [6, 6.07) is 0. The third-order valence-corrected chi connectivity index (χ3v) is 5.07. The number of unbranched alkanes of at least 4 members (excludes halogenated alkanes) is 16. The quantitative estimate of drug-likeness (QED) is 0.170. The van der Waals surface area contributed by atoms with Gasteiger partial charge in [0.05, 0.1) is 13.2 Å². The van der Waals surface area contributed by atoms with Crippen molar-refractivity contribution >= 4 is 5.97 Å². The molecule has 0 fully saturated rings. The predicted molar refractivity (Wildman–Crippen MR) is 123 cm³/mol. The van der Waals surface area contributed by atoms with Crippen LogP contribution in [0.1, 0.15) is 122 Å². The number of aliphatic hydroxyl groups is 2. The number of hydrogen-bond donors (Lipinski definition) is 4. The maximum absolute atomic E-state index is 10.4. The lowest BCUT2D eigenvalue weighted by Crippen LogP contribution is -2.21. The number of carboxylic acids is 1. The summed E-state index contributed by atoms with van der Waals surface area (Å²) in [7, 11) is 0. The highest BCUT2D eigenvalue weighted by Crippen LogP contribution is 2.14.